The molecule has 0 radical (unpaired) electrons. The maximum Gasteiger partial charge on any atom is -0.0197 e. The van der Waals surface area contributed by atoms with E-state index in [1.165, 1.54) is 5.57 Å². The van der Waals surface area contributed by atoms with Crippen molar-refractivity contribution in [2.24, 2.45) is 5.41 Å². The molecule has 0 heterocycles. The minimum absolute atomic E-state index is 0.281. The molecule has 10 heavy (non-hydrogen) atoms. The van der Waals surface area contributed by atoms with Crippen molar-refractivity contribution in [1.29, 1.82) is 0 Å². The Kier molecular flexibility index (Phi) is 2.89. The Hall–Kier alpha value is -0.520. The number of rotatable bonds is 1. The van der Waals surface area contributed by atoms with Crippen molar-refractivity contribution in [2.75, 3.05) is 0 Å². The Labute approximate surface area is 64.6 Å². The van der Waals surface area contributed by atoms with E-state index in [0.717, 1.165) is 5.57 Å². The van der Waals surface area contributed by atoms with E-state index in [1.54, 1.807) is 0 Å². The van der Waals surface area contributed by atoms with Crippen molar-refractivity contribution in [1.82, 2.24) is 0 Å². The van der Waals surface area contributed by atoms with Crippen LogP contribution in [0.25, 0.3) is 0 Å². The minimum atomic E-state index is 0.281. The number of hydrogen-bond acceptors (Lipinski definition) is 0. The van der Waals surface area contributed by atoms with E-state index in [0.29, 0.717) is 0 Å². The monoisotopic (exact) mass is 138 g/mol. The van der Waals surface area contributed by atoms with Crippen LogP contribution in [-0.2, 0) is 0 Å². The highest BCUT2D eigenvalue weighted by atomic mass is 14.1. The van der Waals surface area contributed by atoms with Gasteiger partial charge in [-0.2, -0.15) is 0 Å². The first-order valence-electron chi connectivity index (χ1n) is 3.68. The molecule has 0 amide bonds. The van der Waals surface area contributed by atoms with Crippen molar-refractivity contribution in [2.45, 2.75) is 34.6 Å². The van der Waals surface area contributed by atoms with Gasteiger partial charge in [0.1, 0.15) is 0 Å². The molecule has 0 aromatic rings. The summed E-state index contributed by atoms with van der Waals surface area (Å²) in [5.74, 6) is 0. The SMILES string of the molecule is C=C(C)C(C)=CC(C)(C)C. The summed E-state index contributed by atoms with van der Waals surface area (Å²) in [5, 5.41) is 0. The molecule has 0 aliphatic rings. The first-order valence-corrected chi connectivity index (χ1v) is 3.68. The second-order valence-electron chi connectivity index (χ2n) is 3.97. The average Bonchev–Trinajstić information content (AvgIpc) is 1.60. The Bertz CT molecular complexity index is 153. The first-order chi connectivity index (χ1) is 4.33. The summed E-state index contributed by atoms with van der Waals surface area (Å²) in [4.78, 5) is 0. The van der Waals surface area contributed by atoms with Crippen molar-refractivity contribution >= 4 is 0 Å². The molecular weight excluding hydrogens is 120 g/mol. The van der Waals surface area contributed by atoms with Crippen LogP contribution in [0.15, 0.2) is 23.8 Å². The van der Waals surface area contributed by atoms with E-state index in [9.17, 15) is 0 Å². The lowest BCUT2D eigenvalue weighted by Gasteiger charge is -2.13. The predicted octanol–water partition coefficient (Wildman–Crippen LogP) is 3.55. The zero-order chi connectivity index (χ0) is 8.36. The lowest BCUT2D eigenvalue weighted by molar-refractivity contribution is 0.540. The fraction of sp³-hybridized carbons (Fsp3) is 0.600. The first kappa shape index (κ1) is 9.48. The summed E-state index contributed by atoms with van der Waals surface area (Å²) in [6.07, 6.45) is 2.25. The number of hydrogen-bond donors (Lipinski definition) is 0. The third kappa shape index (κ3) is 4.37. The molecule has 0 saturated carbocycles. The second-order valence-corrected chi connectivity index (χ2v) is 3.97. The highest BCUT2D eigenvalue weighted by Crippen LogP contribution is 2.19. The summed E-state index contributed by atoms with van der Waals surface area (Å²) < 4.78 is 0. The van der Waals surface area contributed by atoms with E-state index >= 15 is 0 Å². The van der Waals surface area contributed by atoms with Crippen LogP contribution in [0, 0.1) is 5.41 Å². The van der Waals surface area contributed by atoms with E-state index in [-0.39, 0.29) is 5.41 Å². The van der Waals surface area contributed by atoms with Gasteiger partial charge in [-0.15, -0.1) is 0 Å². The topological polar surface area (TPSA) is 0 Å². The molecule has 58 valence electrons. The van der Waals surface area contributed by atoms with Crippen LogP contribution in [0.3, 0.4) is 0 Å². The van der Waals surface area contributed by atoms with Gasteiger partial charge >= 0.3 is 0 Å². The fourth-order valence-corrected chi connectivity index (χ4v) is 0.773. The molecule has 0 spiro atoms. The normalized spacial score (nSPS) is 13.5. The smallest absolute Gasteiger partial charge is 0.0197 e. The molecule has 0 bridgehead atoms. The van der Waals surface area contributed by atoms with Crippen molar-refractivity contribution < 1.29 is 0 Å². The van der Waals surface area contributed by atoms with Crippen LogP contribution < -0.4 is 0 Å². The van der Waals surface area contributed by atoms with Crippen LogP contribution in [0.5, 0.6) is 0 Å². The third-order valence-electron chi connectivity index (χ3n) is 1.32. The largest absolute Gasteiger partial charge is 0.0959 e. The highest BCUT2D eigenvalue weighted by molar-refractivity contribution is 5.25. The molecular formula is C10H18. The Morgan fingerprint density at radius 3 is 1.70 bits per heavy atom. The molecule has 0 aromatic heterocycles. The van der Waals surface area contributed by atoms with Crippen LogP contribution in [0.1, 0.15) is 34.6 Å². The Morgan fingerprint density at radius 1 is 1.20 bits per heavy atom. The van der Waals surface area contributed by atoms with Gasteiger partial charge in [-0.3, -0.25) is 0 Å². The molecule has 0 unspecified atom stereocenters. The van der Waals surface area contributed by atoms with Crippen LogP contribution >= 0.6 is 0 Å². The zero-order valence-corrected chi connectivity index (χ0v) is 7.78. The van der Waals surface area contributed by atoms with Crippen LogP contribution in [0.4, 0.5) is 0 Å². The van der Waals surface area contributed by atoms with Gasteiger partial charge in [0, 0.05) is 0 Å². The molecule has 0 aliphatic carbocycles. The lowest BCUT2D eigenvalue weighted by atomic mass is 9.92. The van der Waals surface area contributed by atoms with Crippen molar-refractivity contribution in [3.05, 3.63) is 23.8 Å². The van der Waals surface area contributed by atoms with Crippen LogP contribution in [0.2, 0.25) is 0 Å². The van der Waals surface area contributed by atoms with E-state index in [1.807, 2.05) is 6.92 Å². The zero-order valence-electron chi connectivity index (χ0n) is 7.78. The summed E-state index contributed by atoms with van der Waals surface area (Å²) in [6.45, 7) is 14.6. The van der Waals surface area contributed by atoms with Gasteiger partial charge in [0.15, 0.2) is 0 Å². The fourth-order valence-electron chi connectivity index (χ4n) is 0.773. The van der Waals surface area contributed by atoms with Crippen molar-refractivity contribution in [3.8, 4) is 0 Å². The lowest BCUT2D eigenvalue weighted by Crippen LogP contribution is -2.00. The summed E-state index contributed by atoms with van der Waals surface area (Å²) in [6, 6.07) is 0. The minimum Gasteiger partial charge on any atom is -0.0959 e. The third-order valence-corrected chi connectivity index (χ3v) is 1.32. The second kappa shape index (κ2) is 3.05. The van der Waals surface area contributed by atoms with Gasteiger partial charge in [0.2, 0.25) is 0 Å². The molecule has 0 saturated heterocycles. The van der Waals surface area contributed by atoms with Gasteiger partial charge in [-0.1, -0.05) is 44.6 Å². The van der Waals surface area contributed by atoms with Crippen LogP contribution in [-0.4, -0.2) is 0 Å². The summed E-state index contributed by atoms with van der Waals surface area (Å²) in [5.41, 5.74) is 2.74. The van der Waals surface area contributed by atoms with Gasteiger partial charge in [-0.25, -0.2) is 0 Å². The quantitative estimate of drug-likeness (QED) is 0.486. The Balaban J connectivity index is 4.32. The van der Waals surface area contributed by atoms with Gasteiger partial charge in [0.05, 0.1) is 0 Å². The van der Waals surface area contributed by atoms with E-state index in [4.69, 9.17) is 0 Å². The maximum atomic E-state index is 3.87. The van der Waals surface area contributed by atoms with E-state index < -0.39 is 0 Å². The molecule has 0 atom stereocenters. The molecule has 0 heteroatoms. The maximum absolute atomic E-state index is 3.87. The van der Waals surface area contributed by atoms with Crippen molar-refractivity contribution in [3.63, 3.8) is 0 Å². The van der Waals surface area contributed by atoms with Gasteiger partial charge in [-0.05, 0) is 19.3 Å². The summed E-state index contributed by atoms with van der Waals surface area (Å²) in [7, 11) is 0. The molecule has 0 fully saturated rings. The molecule has 0 N–H and O–H groups in total. The highest BCUT2D eigenvalue weighted by Gasteiger charge is 2.05. The van der Waals surface area contributed by atoms with Gasteiger partial charge < -0.3 is 0 Å². The molecule has 0 nitrogen and oxygen atoms in total. The molecule has 0 rings (SSSR count). The standard InChI is InChI=1S/C10H18/c1-8(2)9(3)7-10(4,5)6/h7H,1H2,2-6H3. The Morgan fingerprint density at radius 2 is 1.60 bits per heavy atom. The average molecular weight is 138 g/mol. The van der Waals surface area contributed by atoms with E-state index in [2.05, 4.69) is 40.3 Å². The molecule has 0 aliphatic heterocycles. The molecule has 0 aromatic carbocycles. The summed E-state index contributed by atoms with van der Waals surface area (Å²) >= 11 is 0. The van der Waals surface area contributed by atoms with Gasteiger partial charge in [0.25, 0.3) is 0 Å². The predicted molar refractivity (Wildman–Crippen MR) is 48.0 cm³/mol. The number of allylic oxidation sites excluding steroid dienone is 3.